The van der Waals surface area contributed by atoms with E-state index in [9.17, 15) is 13.2 Å². The Balaban J connectivity index is 2.26. The van der Waals surface area contributed by atoms with Crippen molar-refractivity contribution < 1.29 is 13.2 Å². The van der Waals surface area contributed by atoms with Gasteiger partial charge in [-0.1, -0.05) is 17.7 Å². The number of aryl methyl sites for hydroxylation is 1. The van der Waals surface area contributed by atoms with Crippen LogP contribution in [-0.4, -0.2) is 37.3 Å². The van der Waals surface area contributed by atoms with Crippen LogP contribution < -0.4 is 5.32 Å². The first-order chi connectivity index (χ1) is 9.82. The maximum Gasteiger partial charge on any atom is 0.243 e. The molecule has 116 valence electrons. The lowest BCUT2D eigenvalue weighted by Crippen LogP contribution is -2.47. The summed E-state index contributed by atoms with van der Waals surface area (Å²) in [5, 5.41) is 2.80. The average molecular weight is 310 g/mol. The van der Waals surface area contributed by atoms with Gasteiger partial charge in [-0.15, -0.1) is 0 Å². The number of carbonyl (C=O) groups is 1. The van der Waals surface area contributed by atoms with Gasteiger partial charge >= 0.3 is 0 Å². The van der Waals surface area contributed by atoms with Crippen LogP contribution >= 0.6 is 0 Å². The van der Waals surface area contributed by atoms with Crippen LogP contribution in [0.3, 0.4) is 0 Å². The molecule has 0 aromatic heterocycles. The average Bonchev–Trinajstić information content (AvgIpc) is 2.88. The SMILES string of the molecule is Cc1ccc(S(=O)(=O)N2CCC[C@H]2C(=O)NC(C)C)cc1. The monoisotopic (exact) mass is 310 g/mol. The third kappa shape index (κ3) is 3.44. The van der Waals surface area contributed by atoms with E-state index in [4.69, 9.17) is 0 Å². The summed E-state index contributed by atoms with van der Waals surface area (Å²) in [7, 11) is -3.61. The van der Waals surface area contributed by atoms with E-state index in [1.807, 2.05) is 20.8 Å². The van der Waals surface area contributed by atoms with Gasteiger partial charge in [0.2, 0.25) is 15.9 Å². The molecule has 21 heavy (non-hydrogen) atoms. The Morgan fingerprint density at radius 1 is 1.29 bits per heavy atom. The van der Waals surface area contributed by atoms with Crippen molar-refractivity contribution in [2.75, 3.05) is 6.54 Å². The van der Waals surface area contributed by atoms with Crippen molar-refractivity contribution in [3.8, 4) is 0 Å². The van der Waals surface area contributed by atoms with Gasteiger partial charge in [-0.2, -0.15) is 4.31 Å². The van der Waals surface area contributed by atoms with Crippen molar-refractivity contribution in [1.82, 2.24) is 9.62 Å². The Labute approximate surface area is 126 Å². The molecule has 1 aliphatic rings. The summed E-state index contributed by atoms with van der Waals surface area (Å²) in [5.74, 6) is -0.210. The Bertz CT molecular complexity index is 608. The molecule has 0 aliphatic carbocycles. The molecule has 0 spiro atoms. The molecule has 5 nitrogen and oxygen atoms in total. The Kier molecular flexibility index (Phi) is 4.68. The Hall–Kier alpha value is -1.40. The fraction of sp³-hybridized carbons (Fsp3) is 0.533. The predicted molar refractivity (Wildman–Crippen MR) is 81.4 cm³/mol. The fourth-order valence-corrected chi connectivity index (χ4v) is 4.17. The van der Waals surface area contributed by atoms with E-state index in [1.165, 1.54) is 4.31 Å². The van der Waals surface area contributed by atoms with Gasteiger partial charge in [-0.25, -0.2) is 8.42 Å². The van der Waals surface area contributed by atoms with Crippen LogP contribution in [0.1, 0.15) is 32.3 Å². The Morgan fingerprint density at radius 2 is 1.90 bits per heavy atom. The number of benzene rings is 1. The van der Waals surface area contributed by atoms with Crippen molar-refractivity contribution >= 4 is 15.9 Å². The van der Waals surface area contributed by atoms with E-state index < -0.39 is 16.1 Å². The first-order valence-corrected chi connectivity index (χ1v) is 8.65. The number of nitrogens with one attached hydrogen (secondary N) is 1. The largest absolute Gasteiger partial charge is 0.353 e. The van der Waals surface area contributed by atoms with Crippen LogP contribution in [-0.2, 0) is 14.8 Å². The topological polar surface area (TPSA) is 66.5 Å². The summed E-state index contributed by atoms with van der Waals surface area (Å²) in [6.45, 7) is 6.04. The standard InChI is InChI=1S/C15H22N2O3S/c1-11(2)16-15(18)14-5-4-10-17(14)21(19,20)13-8-6-12(3)7-9-13/h6-9,11,14H,4-5,10H2,1-3H3,(H,16,18)/t14-/m0/s1. The van der Waals surface area contributed by atoms with E-state index in [1.54, 1.807) is 24.3 Å². The third-order valence-corrected chi connectivity index (χ3v) is 5.49. The van der Waals surface area contributed by atoms with Crippen molar-refractivity contribution in [1.29, 1.82) is 0 Å². The first-order valence-electron chi connectivity index (χ1n) is 7.21. The molecule has 0 bridgehead atoms. The summed E-state index contributed by atoms with van der Waals surface area (Å²) in [6.07, 6.45) is 1.28. The minimum atomic E-state index is -3.61. The molecule has 1 atom stereocenters. The van der Waals surface area contributed by atoms with Crippen molar-refractivity contribution in [3.05, 3.63) is 29.8 Å². The number of hydrogen-bond acceptors (Lipinski definition) is 3. The molecule has 0 saturated carbocycles. The van der Waals surface area contributed by atoms with Crippen LogP contribution in [0.2, 0.25) is 0 Å². The number of rotatable bonds is 4. The van der Waals surface area contributed by atoms with Crippen molar-refractivity contribution in [2.24, 2.45) is 0 Å². The van der Waals surface area contributed by atoms with Crippen LogP contribution in [0.5, 0.6) is 0 Å². The lowest BCUT2D eigenvalue weighted by molar-refractivity contribution is -0.124. The molecule has 2 rings (SSSR count). The predicted octanol–water partition coefficient (Wildman–Crippen LogP) is 1.67. The minimum absolute atomic E-state index is 0.00188. The van der Waals surface area contributed by atoms with Crippen molar-refractivity contribution in [2.45, 2.75) is 50.6 Å². The van der Waals surface area contributed by atoms with Gasteiger partial charge in [-0.05, 0) is 45.7 Å². The molecule has 1 heterocycles. The van der Waals surface area contributed by atoms with E-state index in [0.29, 0.717) is 19.4 Å². The quantitative estimate of drug-likeness (QED) is 0.920. The lowest BCUT2D eigenvalue weighted by Gasteiger charge is -2.24. The molecule has 1 aromatic rings. The highest BCUT2D eigenvalue weighted by atomic mass is 32.2. The molecule has 1 fully saturated rings. The first kappa shape index (κ1) is 16.0. The molecular weight excluding hydrogens is 288 g/mol. The third-order valence-electron chi connectivity index (χ3n) is 3.56. The van der Waals surface area contributed by atoms with Crippen LogP contribution in [0.15, 0.2) is 29.2 Å². The molecule has 0 unspecified atom stereocenters. The summed E-state index contributed by atoms with van der Waals surface area (Å²) < 4.78 is 26.7. The summed E-state index contributed by atoms with van der Waals surface area (Å²) >= 11 is 0. The van der Waals surface area contributed by atoms with E-state index in [-0.39, 0.29) is 16.8 Å². The molecule has 1 aromatic carbocycles. The highest BCUT2D eigenvalue weighted by Crippen LogP contribution is 2.26. The van der Waals surface area contributed by atoms with Gasteiger partial charge in [0.15, 0.2) is 0 Å². The van der Waals surface area contributed by atoms with E-state index in [2.05, 4.69) is 5.32 Å². The zero-order valence-electron chi connectivity index (χ0n) is 12.7. The second-order valence-electron chi connectivity index (χ2n) is 5.75. The molecule has 1 N–H and O–H groups in total. The van der Waals surface area contributed by atoms with Crippen LogP contribution in [0.4, 0.5) is 0 Å². The summed E-state index contributed by atoms with van der Waals surface area (Å²) in [6, 6.07) is 6.14. The molecular formula is C15H22N2O3S. The minimum Gasteiger partial charge on any atom is -0.353 e. The molecule has 0 radical (unpaired) electrons. The summed E-state index contributed by atoms with van der Waals surface area (Å²) in [5.41, 5.74) is 1.00. The summed E-state index contributed by atoms with van der Waals surface area (Å²) in [4.78, 5) is 12.4. The van der Waals surface area contributed by atoms with E-state index >= 15 is 0 Å². The maximum atomic E-state index is 12.7. The highest BCUT2D eigenvalue weighted by molar-refractivity contribution is 7.89. The Morgan fingerprint density at radius 3 is 2.48 bits per heavy atom. The van der Waals surface area contributed by atoms with Gasteiger partial charge in [0.25, 0.3) is 0 Å². The maximum absolute atomic E-state index is 12.7. The van der Waals surface area contributed by atoms with Gasteiger partial charge < -0.3 is 5.32 Å². The second-order valence-corrected chi connectivity index (χ2v) is 7.64. The second kappa shape index (κ2) is 6.15. The number of hydrogen-bond donors (Lipinski definition) is 1. The smallest absolute Gasteiger partial charge is 0.243 e. The molecule has 1 saturated heterocycles. The highest BCUT2D eigenvalue weighted by Gasteiger charge is 2.39. The zero-order valence-corrected chi connectivity index (χ0v) is 13.5. The number of carbonyl (C=O) groups excluding carboxylic acids is 1. The zero-order chi connectivity index (χ0) is 15.6. The fourth-order valence-electron chi connectivity index (χ4n) is 2.52. The van der Waals surface area contributed by atoms with Gasteiger partial charge in [-0.3, -0.25) is 4.79 Å². The number of amides is 1. The van der Waals surface area contributed by atoms with Crippen LogP contribution in [0, 0.1) is 6.92 Å². The molecule has 1 amide bonds. The molecule has 1 aliphatic heterocycles. The van der Waals surface area contributed by atoms with Gasteiger partial charge in [0, 0.05) is 12.6 Å². The normalized spacial score (nSPS) is 19.9. The van der Waals surface area contributed by atoms with Crippen molar-refractivity contribution in [3.63, 3.8) is 0 Å². The number of sulfonamides is 1. The number of nitrogens with zero attached hydrogens (tertiary/aromatic N) is 1. The van der Waals surface area contributed by atoms with E-state index in [0.717, 1.165) is 5.56 Å². The van der Waals surface area contributed by atoms with Gasteiger partial charge in [0.05, 0.1) is 4.90 Å². The lowest BCUT2D eigenvalue weighted by atomic mass is 10.2. The van der Waals surface area contributed by atoms with Gasteiger partial charge in [0.1, 0.15) is 6.04 Å². The molecule has 6 heteroatoms. The van der Waals surface area contributed by atoms with Crippen LogP contribution in [0.25, 0.3) is 0 Å².